The minimum Gasteiger partial charge on any atom is -0.452 e. The van der Waals surface area contributed by atoms with Gasteiger partial charge in [0.2, 0.25) is 17.3 Å². The summed E-state index contributed by atoms with van der Waals surface area (Å²) >= 11 is 0. The van der Waals surface area contributed by atoms with Gasteiger partial charge in [0.15, 0.2) is 5.76 Å². The Kier molecular flexibility index (Phi) is 3.63. The largest absolute Gasteiger partial charge is 0.452 e. The van der Waals surface area contributed by atoms with Crippen LogP contribution in [0, 0.1) is 34.5 Å². The van der Waals surface area contributed by atoms with Gasteiger partial charge in [-0.05, 0) is 81.6 Å². The van der Waals surface area contributed by atoms with E-state index in [0.717, 1.165) is 44.3 Å². The number of allylic oxidation sites excluding steroid dienone is 2. The molecule has 1 aliphatic heterocycles. The zero-order valence-electron chi connectivity index (χ0n) is 17.8. The lowest BCUT2D eigenvalue weighted by atomic mass is 9.47. The van der Waals surface area contributed by atoms with Crippen molar-refractivity contribution in [2.24, 2.45) is 34.5 Å². The van der Waals surface area contributed by atoms with Crippen molar-refractivity contribution in [3.05, 3.63) is 23.2 Å². The summed E-state index contributed by atoms with van der Waals surface area (Å²) in [5.41, 5.74) is 1.11. The van der Waals surface area contributed by atoms with Crippen molar-refractivity contribution in [1.82, 2.24) is 0 Å². The van der Waals surface area contributed by atoms with Crippen molar-refractivity contribution in [3.63, 3.8) is 0 Å². The summed E-state index contributed by atoms with van der Waals surface area (Å²) in [4.78, 5) is 25.0. The van der Waals surface area contributed by atoms with Gasteiger partial charge >= 0.3 is 0 Å². The minimum absolute atomic E-state index is 0.0374. The van der Waals surface area contributed by atoms with Crippen LogP contribution in [0.1, 0.15) is 73.1 Å². The third-order valence-electron chi connectivity index (χ3n) is 8.99. The average Bonchev–Trinajstić information content (AvgIpc) is 3.13. The van der Waals surface area contributed by atoms with Crippen molar-refractivity contribution in [3.8, 4) is 0 Å². The van der Waals surface area contributed by atoms with Gasteiger partial charge < -0.3 is 9.47 Å². The molecule has 3 fully saturated rings. The lowest BCUT2D eigenvalue weighted by molar-refractivity contribution is -0.143. The molecule has 4 aliphatic carbocycles. The maximum Gasteiger partial charge on any atom is 0.245 e. The molecule has 5 rings (SSSR count). The molecule has 0 bridgehead atoms. The predicted octanol–water partition coefficient (Wildman–Crippen LogP) is 4.94. The summed E-state index contributed by atoms with van der Waals surface area (Å²) in [6.45, 7) is 10.2. The Morgan fingerprint density at radius 2 is 1.79 bits per heavy atom. The summed E-state index contributed by atoms with van der Waals surface area (Å²) in [5, 5.41) is 0. The van der Waals surface area contributed by atoms with Crippen LogP contribution in [0.2, 0.25) is 0 Å². The van der Waals surface area contributed by atoms with Gasteiger partial charge in [-0.2, -0.15) is 0 Å². The van der Waals surface area contributed by atoms with E-state index in [-0.39, 0.29) is 22.5 Å². The average molecular weight is 385 g/mol. The molecule has 4 heteroatoms. The first-order chi connectivity index (χ1) is 13.1. The number of ketones is 2. The SMILES string of the molecule is CC(=O)[C@H]1CC[C@H]2[C@@H]3CCC4=CC(=O)C5=C(OC(C)(C)O5)[C@]4(C)[C@H]3CC[C@]12C. The Hall–Kier alpha value is -1.58. The molecule has 0 aromatic rings. The zero-order valence-corrected chi connectivity index (χ0v) is 17.8. The summed E-state index contributed by atoms with van der Waals surface area (Å²) in [5.74, 6) is 2.60. The molecule has 0 aromatic carbocycles. The van der Waals surface area contributed by atoms with Gasteiger partial charge in [-0.15, -0.1) is 0 Å². The molecule has 28 heavy (non-hydrogen) atoms. The fourth-order valence-electron chi connectivity index (χ4n) is 7.76. The lowest BCUT2D eigenvalue weighted by Gasteiger charge is -2.57. The summed E-state index contributed by atoms with van der Waals surface area (Å²) < 4.78 is 12.2. The fraction of sp³-hybridized carbons (Fsp3) is 0.750. The monoisotopic (exact) mass is 384 g/mol. The van der Waals surface area contributed by atoms with Crippen molar-refractivity contribution in [2.45, 2.75) is 78.9 Å². The third-order valence-corrected chi connectivity index (χ3v) is 8.99. The molecular formula is C24H32O4. The molecule has 0 aromatic heterocycles. The zero-order chi connectivity index (χ0) is 20.1. The molecule has 0 N–H and O–H groups in total. The van der Waals surface area contributed by atoms with E-state index in [1.807, 2.05) is 19.9 Å². The van der Waals surface area contributed by atoms with Crippen LogP contribution in [0.4, 0.5) is 0 Å². The van der Waals surface area contributed by atoms with Crippen LogP contribution >= 0.6 is 0 Å². The van der Waals surface area contributed by atoms with E-state index in [2.05, 4.69) is 13.8 Å². The quantitative estimate of drug-likeness (QED) is 0.643. The van der Waals surface area contributed by atoms with Gasteiger partial charge in [-0.3, -0.25) is 9.59 Å². The summed E-state index contributed by atoms with van der Waals surface area (Å²) in [7, 11) is 0. The standard InChI is InChI=1S/C24H32O4/c1-13(25)16-8-9-17-15-7-6-14-12-19(26)20-21(28-22(2,3)27-20)24(14,5)18(15)10-11-23(16,17)4/h12,15-18H,6-11H2,1-5H3/t15-,16+,17-,18-,23+,24-/m0/s1. The Balaban J connectivity index is 1.55. The molecule has 6 atom stereocenters. The Labute approximate surface area is 167 Å². The molecule has 3 saturated carbocycles. The van der Waals surface area contributed by atoms with Crippen molar-refractivity contribution < 1.29 is 19.1 Å². The van der Waals surface area contributed by atoms with E-state index in [4.69, 9.17) is 9.47 Å². The molecule has 152 valence electrons. The van der Waals surface area contributed by atoms with Crippen molar-refractivity contribution in [2.75, 3.05) is 0 Å². The first kappa shape index (κ1) is 18.4. The van der Waals surface area contributed by atoms with E-state index in [1.54, 1.807) is 6.92 Å². The molecule has 0 unspecified atom stereocenters. The second kappa shape index (κ2) is 5.52. The maximum absolute atomic E-state index is 12.7. The number of rotatable bonds is 1. The highest BCUT2D eigenvalue weighted by atomic mass is 16.7. The second-order valence-electron chi connectivity index (χ2n) is 10.7. The van der Waals surface area contributed by atoms with E-state index in [0.29, 0.717) is 29.3 Å². The second-order valence-corrected chi connectivity index (χ2v) is 10.7. The molecule has 5 aliphatic rings. The van der Waals surface area contributed by atoms with Gasteiger partial charge in [-0.1, -0.05) is 12.5 Å². The first-order valence-electron chi connectivity index (χ1n) is 11.0. The Bertz CT molecular complexity index is 834. The van der Waals surface area contributed by atoms with Crippen LogP contribution in [0.15, 0.2) is 23.2 Å². The van der Waals surface area contributed by atoms with Crippen molar-refractivity contribution in [1.29, 1.82) is 0 Å². The fourth-order valence-corrected chi connectivity index (χ4v) is 7.76. The van der Waals surface area contributed by atoms with E-state index < -0.39 is 5.79 Å². The highest BCUT2D eigenvalue weighted by molar-refractivity contribution is 6.05. The topological polar surface area (TPSA) is 52.6 Å². The Morgan fingerprint density at radius 1 is 1.04 bits per heavy atom. The molecule has 4 nitrogen and oxygen atoms in total. The summed E-state index contributed by atoms with van der Waals surface area (Å²) in [6, 6.07) is 0. The van der Waals surface area contributed by atoms with Crippen LogP contribution in [0.3, 0.4) is 0 Å². The van der Waals surface area contributed by atoms with E-state index in [9.17, 15) is 9.59 Å². The molecule has 1 heterocycles. The number of carbonyl (C=O) groups excluding carboxylic acids is 2. The molecule has 0 spiro atoms. The van der Waals surface area contributed by atoms with Gasteiger partial charge in [0.1, 0.15) is 5.78 Å². The van der Waals surface area contributed by atoms with Gasteiger partial charge in [0.25, 0.3) is 0 Å². The van der Waals surface area contributed by atoms with Crippen molar-refractivity contribution >= 4 is 11.6 Å². The van der Waals surface area contributed by atoms with E-state index in [1.165, 1.54) is 5.57 Å². The van der Waals surface area contributed by atoms with Crippen LogP contribution in [0.25, 0.3) is 0 Å². The van der Waals surface area contributed by atoms with Crippen LogP contribution in [-0.4, -0.2) is 17.4 Å². The predicted molar refractivity (Wildman–Crippen MR) is 105 cm³/mol. The van der Waals surface area contributed by atoms with Crippen LogP contribution in [-0.2, 0) is 19.1 Å². The van der Waals surface area contributed by atoms with Gasteiger partial charge in [0, 0.05) is 19.8 Å². The maximum atomic E-state index is 12.7. The lowest BCUT2D eigenvalue weighted by Crippen LogP contribution is -2.51. The van der Waals surface area contributed by atoms with Gasteiger partial charge in [-0.25, -0.2) is 0 Å². The number of hydrogen-bond acceptors (Lipinski definition) is 4. The number of Topliss-reactive ketones (excluding diaryl/α,β-unsaturated/α-hetero) is 1. The highest BCUT2D eigenvalue weighted by Gasteiger charge is 2.63. The van der Waals surface area contributed by atoms with Crippen LogP contribution in [0.5, 0.6) is 0 Å². The highest BCUT2D eigenvalue weighted by Crippen LogP contribution is 2.68. The molecule has 0 radical (unpaired) electrons. The molecule has 0 saturated heterocycles. The van der Waals surface area contributed by atoms with E-state index >= 15 is 0 Å². The smallest absolute Gasteiger partial charge is 0.245 e. The van der Waals surface area contributed by atoms with Gasteiger partial charge in [0.05, 0.1) is 5.41 Å². The number of ether oxygens (including phenoxy) is 2. The molecule has 0 amide bonds. The number of hydrogen-bond donors (Lipinski definition) is 0. The Morgan fingerprint density at radius 3 is 2.50 bits per heavy atom. The normalized spacial score (nSPS) is 45.9. The number of fused-ring (bicyclic) bond motifs is 6. The molecular weight excluding hydrogens is 352 g/mol. The number of carbonyl (C=O) groups is 2. The first-order valence-corrected chi connectivity index (χ1v) is 11.0. The summed E-state index contributed by atoms with van der Waals surface area (Å²) in [6.07, 6.45) is 8.28. The third kappa shape index (κ3) is 2.18. The van der Waals surface area contributed by atoms with Crippen LogP contribution < -0.4 is 0 Å². The minimum atomic E-state index is -0.782.